The maximum Gasteiger partial charge on any atom is 0.264 e. The van der Waals surface area contributed by atoms with Crippen molar-refractivity contribution in [1.29, 1.82) is 0 Å². The molecule has 2 aliphatic heterocycles. The number of hydrogen-bond acceptors (Lipinski definition) is 6. The first-order valence-corrected chi connectivity index (χ1v) is 12.5. The first kappa shape index (κ1) is 24.3. The predicted molar refractivity (Wildman–Crippen MR) is 125 cm³/mol. The number of benzene rings is 2. The Kier molecular flexibility index (Phi) is 7.04. The lowest BCUT2D eigenvalue weighted by Crippen LogP contribution is -2.51. The third kappa shape index (κ3) is 4.85. The summed E-state index contributed by atoms with van der Waals surface area (Å²) < 4.78 is 32.9. The highest BCUT2D eigenvalue weighted by molar-refractivity contribution is 7.89. The van der Waals surface area contributed by atoms with Crippen molar-refractivity contribution < 1.29 is 27.9 Å². The van der Waals surface area contributed by atoms with Gasteiger partial charge < -0.3 is 20.5 Å². The van der Waals surface area contributed by atoms with E-state index < -0.39 is 34.3 Å². The van der Waals surface area contributed by atoms with Gasteiger partial charge in [-0.15, -0.1) is 0 Å². The Morgan fingerprint density at radius 3 is 2.74 bits per heavy atom. The van der Waals surface area contributed by atoms with Crippen LogP contribution in [0.2, 0.25) is 10.0 Å². The topological polar surface area (TPSA) is 125 Å². The lowest BCUT2D eigenvalue weighted by atomic mass is 9.98. The van der Waals surface area contributed by atoms with Gasteiger partial charge in [-0.05, 0) is 29.8 Å². The van der Waals surface area contributed by atoms with E-state index in [-0.39, 0.29) is 27.6 Å². The summed E-state index contributed by atoms with van der Waals surface area (Å²) in [5.74, 6) is -0.583. The zero-order valence-corrected chi connectivity index (χ0v) is 20.0. The number of aliphatic hydroxyl groups is 1. The molecule has 180 valence electrons. The number of rotatable bonds is 6. The Hall–Kier alpha value is -2.79. The van der Waals surface area contributed by atoms with Gasteiger partial charge in [-0.1, -0.05) is 35.3 Å². The molecule has 0 saturated carbocycles. The molecule has 34 heavy (non-hydrogen) atoms. The molecular formula is C22H21Cl2N3O6S. The van der Waals surface area contributed by atoms with E-state index in [2.05, 4.69) is 10.6 Å². The number of amides is 2. The number of ether oxygens (including phenoxy) is 1. The van der Waals surface area contributed by atoms with E-state index in [9.17, 15) is 23.1 Å². The van der Waals surface area contributed by atoms with E-state index in [1.54, 1.807) is 18.2 Å². The second kappa shape index (κ2) is 9.83. The van der Waals surface area contributed by atoms with Crippen molar-refractivity contribution in [3.63, 3.8) is 0 Å². The molecule has 0 spiro atoms. The molecule has 4 rings (SSSR count). The van der Waals surface area contributed by atoms with Crippen LogP contribution in [0.1, 0.15) is 30.0 Å². The summed E-state index contributed by atoms with van der Waals surface area (Å²) >= 11 is 11.9. The number of carbonyl (C=O) groups excluding carboxylic acids is 2. The Bertz CT molecular complexity index is 1270. The molecule has 9 nitrogen and oxygen atoms in total. The third-order valence-electron chi connectivity index (χ3n) is 5.54. The van der Waals surface area contributed by atoms with Crippen LogP contribution >= 0.6 is 23.2 Å². The van der Waals surface area contributed by atoms with Crippen LogP contribution in [0.3, 0.4) is 0 Å². The van der Waals surface area contributed by atoms with Gasteiger partial charge >= 0.3 is 0 Å². The summed E-state index contributed by atoms with van der Waals surface area (Å²) in [6, 6.07) is 7.33. The Labute approximate surface area is 206 Å². The van der Waals surface area contributed by atoms with Gasteiger partial charge in [0.25, 0.3) is 10.0 Å². The molecule has 0 radical (unpaired) electrons. The Balaban J connectivity index is 1.54. The number of nitrogens with one attached hydrogen (secondary N) is 2. The predicted octanol–water partition coefficient (Wildman–Crippen LogP) is 2.48. The number of sulfonamides is 1. The van der Waals surface area contributed by atoms with Gasteiger partial charge in [0.1, 0.15) is 11.8 Å². The smallest absolute Gasteiger partial charge is 0.264 e. The molecule has 0 fully saturated rings. The second-order valence-corrected chi connectivity index (χ2v) is 10.4. The van der Waals surface area contributed by atoms with Crippen LogP contribution in [0, 0.1) is 0 Å². The van der Waals surface area contributed by atoms with Crippen LogP contribution < -0.4 is 15.4 Å². The number of carbonyl (C=O) groups is 2. The normalized spacial score (nSPS) is 19.7. The molecule has 3 N–H and O–H groups in total. The van der Waals surface area contributed by atoms with Gasteiger partial charge in [0.2, 0.25) is 11.8 Å². The van der Waals surface area contributed by atoms with Gasteiger partial charge in [0.05, 0.1) is 40.6 Å². The summed E-state index contributed by atoms with van der Waals surface area (Å²) in [6.07, 6.45) is 2.48. The van der Waals surface area contributed by atoms with E-state index in [0.717, 1.165) is 9.87 Å². The van der Waals surface area contributed by atoms with Crippen molar-refractivity contribution in [2.45, 2.75) is 36.4 Å². The molecule has 2 atom stereocenters. The number of aliphatic hydroxyl groups excluding tert-OH is 1. The molecule has 2 aliphatic rings. The molecule has 0 unspecified atom stereocenters. The van der Waals surface area contributed by atoms with Gasteiger partial charge in [0, 0.05) is 24.4 Å². The molecule has 0 bridgehead atoms. The van der Waals surface area contributed by atoms with Crippen molar-refractivity contribution in [3.05, 3.63) is 70.0 Å². The number of fused-ring (bicyclic) bond motifs is 1. The monoisotopic (exact) mass is 525 g/mol. The summed E-state index contributed by atoms with van der Waals surface area (Å²) in [5.41, 5.74) is 1.42. The zero-order chi connectivity index (χ0) is 24.5. The highest BCUT2D eigenvalue weighted by Gasteiger charge is 2.37. The number of nitrogens with zero attached hydrogens (tertiary/aromatic N) is 1. The number of halogens is 2. The van der Waals surface area contributed by atoms with Crippen LogP contribution in [-0.4, -0.2) is 42.3 Å². The van der Waals surface area contributed by atoms with Gasteiger partial charge in [-0.25, -0.2) is 8.42 Å². The quantitative estimate of drug-likeness (QED) is 0.531. The van der Waals surface area contributed by atoms with Crippen molar-refractivity contribution in [2.75, 3.05) is 6.61 Å². The molecule has 2 aromatic rings. The van der Waals surface area contributed by atoms with Crippen molar-refractivity contribution >= 4 is 45.0 Å². The maximum atomic E-state index is 13.2. The van der Waals surface area contributed by atoms with Crippen LogP contribution in [0.15, 0.2) is 53.7 Å². The van der Waals surface area contributed by atoms with Crippen LogP contribution in [-0.2, 0) is 26.2 Å². The van der Waals surface area contributed by atoms with Crippen LogP contribution in [0.5, 0.6) is 5.75 Å². The van der Waals surface area contributed by atoms with E-state index >= 15 is 0 Å². The summed E-state index contributed by atoms with van der Waals surface area (Å²) in [4.78, 5) is 25.3. The molecule has 2 amide bonds. The zero-order valence-electron chi connectivity index (χ0n) is 17.7. The molecular weight excluding hydrogens is 505 g/mol. The fourth-order valence-electron chi connectivity index (χ4n) is 3.81. The van der Waals surface area contributed by atoms with Crippen molar-refractivity contribution in [3.8, 4) is 5.75 Å². The van der Waals surface area contributed by atoms with Crippen molar-refractivity contribution in [1.82, 2.24) is 14.9 Å². The fraction of sp³-hybridized carbons (Fsp3) is 0.273. The van der Waals surface area contributed by atoms with Gasteiger partial charge in [-0.3, -0.25) is 13.9 Å². The van der Waals surface area contributed by atoms with E-state index in [1.165, 1.54) is 30.6 Å². The van der Waals surface area contributed by atoms with E-state index in [0.29, 0.717) is 24.3 Å². The lowest BCUT2D eigenvalue weighted by molar-refractivity contribution is -0.129. The first-order chi connectivity index (χ1) is 16.2. The summed E-state index contributed by atoms with van der Waals surface area (Å²) in [6.45, 7) is 0.221. The molecule has 12 heteroatoms. The van der Waals surface area contributed by atoms with Gasteiger partial charge in [0.15, 0.2) is 0 Å². The van der Waals surface area contributed by atoms with E-state index in [4.69, 9.17) is 27.9 Å². The highest BCUT2D eigenvalue weighted by atomic mass is 35.5. The third-order valence-corrected chi connectivity index (χ3v) is 8.06. The minimum Gasteiger partial charge on any atom is -0.493 e. The first-order valence-electron chi connectivity index (χ1n) is 10.3. The SMILES string of the molecule is O=C(C[C@@H]1C(=O)NC=CN1S(=O)(=O)c1ccc(Cl)c(Cl)c1)N[C@@H]1CCOc2cc(CO)ccc21. The summed E-state index contributed by atoms with van der Waals surface area (Å²) in [7, 11) is -4.20. The fourth-order valence-corrected chi connectivity index (χ4v) is 5.65. The van der Waals surface area contributed by atoms with Crippen LogP contribution in [0.4, 0.5) is 0 Å². The Morgan fingerprint density at radius 2 is 2.00 bits per heavy atom. The summed E-state index contributed by atoms with van der Waals surface area (Å²) in [5, 5.41) is 14.9. The average molecular weight is 526 g/mol. The second-order valence-electron chi connectivity index (χ2n) is 7.74. The van der Waals surface area contributed by atoms with E-state index in [1.807, 2.05) is 0 Å². The highest BCUT2D eigenvalue weighted by Crippen LogP contribution is 2.33. The van der Waals surface area contributed by atoms with Crippen molar-refractivity contribution in [2.24, 2.45) is 0 Å². The minimum absolute atomic E-state index is 0.0463. The molecule has 2 heterocycles. The maximum absolute atomic E-state index is 13.2. The lowest BCUT2D eigenvalue weighted by Gasteiger charge is -2.32. The van der Waals surface area contributed by atoms with Crippen LogP contribution in [0.25, 0.3) is 0 Å². The largest absolute Gasteiger partial charge is 0.493 e. The Morgan fingerprint density at radius 1 is 1.21 bits per heavy atom. The number of hydrogen-bond donors (Lipinski definition) is 3. The molecule has 0 aliphatic carbocycles. The molecule has 2 aromatic carbocycles. The molecule has 0 aromatic heterocycles. The van der Waals surface area contributed by atoms with Gasteiger partial charge in [-0.2, -0.15) is 0 Å². The minimum atomic E-state index is -4.20. The average Bonchev–Trinajstić information content (AvgIpc) is 2.81. The standard InChI is InChI=1S/C22H21Cl2N3O6S/c23-16-4-2-14(10-17(16)24)34(31,32)27-7-6-25-22(30)19(27)11-21(29)26-18-5-8-33-20-9-13(12-28)1-3-15(18)20/h1-4,6-7,9-10,18-19,28H,5,8,11-12H2,(H,25,30)(H,26,29)/t18-,19-/m1/s1. The molecule has 0 saturated heterocycles.